The second kappa shape index (κ2) is 11.6. The van der Waals surface area contributed by atoms with Gasteiger partial charge in [-0.1, -0.05) is 11.6 Å². The van der Waals surface area contributed by atoms with Crippen molar-refractivity contribution in [3.8, 4) is 11.5 Å². The van der Waals surface area contributed by atoms with Gasteiger partial charge in [0.1, 0.15) is 18.1 Å². The number of carbonyl (C=O) groups excluding carboxylic acids is 3. The zero-order chi connectivity index (χ0) is 28.3. The van der Waals surface area contributed by atoms with Gasteiger partial charge in [-0.2, -0.15) is 13.2 Å². The van der Waals surface area contributed by atoms with Gasteiger partial charge in [0, 0.05) is 33.8 Å². The van der Waals surface area contributed by atoms with Crippen molar-refractivity contribution in [2.75, 3.05) is 35.1 Å². The smallest absolute Gasteiger partial charge is 0.417 e. The molecular formula is C24H25ClF3N3O6S. The minimum Gasteiger partial charge on any atom is -0.454 e. The normalized spacial score (nSPS) is 13.6. The molecular weight excluding hydrogens is 551 g/mol. The Morgan fingerprint density at radius 3 is 2.34 bits per heavy atom. The Morgan fingerprint density at radius 1 is 1.00 bits per heavy atom. The van der Waals surface area contributed by atoms with E-state index in [1.54, 1.807) is 32.9 Å². The van der Waals surface area contributed by atoms with Crippen LogP contribution in [0.15, 0.2) is 36.4 Å². The molecule has 0 bridgehead atoms. The monoisotopic (exact) mass is 575 g/mol. The molecule has 0 spiro atoms. The summed E-state index contributed by atoms with van der Waals surface area (Å²) in [6, 6.07) is 7.39. The number of amides is 3. The zero-order valence-corrected chi connectivity index (χ0v) is 22.2. The topological polar surface area (TPSA) is 114 Å². The fraction of sp³-hybridized carbons (Fsp3) is 0.375. The zero-order valence-electron chi connectivity index (χ0n) is 20.6. The summed E-state index contributed by atoms with van der Waals surface area (Å²) in [5, 5.41) is 4.56. The van der Waals surface area contributed by atoms with Gasteiger partial charge < -0.3 is 25.0 Å². The van der Waals surface area contributed by atoms with Crippen LogP contribution in [0.2, 0.25) is 5.02 Å². The molecule has 0 radical (unpaired) electrons. The Labute approximate surface area is 224 Å². The van der Waals surface area contributed by atoms with Crippen LogP contribution in [-0.2, 0) is 31.4 Å². The summed E-state index contributed by atoms with van der Waals surface area (Å²) in [5.41, 5.74) is -1.80. The van der Waals surface area contributed by atoms with Crippen LogP contribution >= 0.6 is 11.6 Å². The van der Waals surface area contributed by atoms with Crippen LogP contribution in [-0.4, -0.2) is 52.3 Å². The van der Waals surface area contributed by atoms with Crippen molar-refractivity contribution >= 4 is 51.5 Å². The predicted octanol–water partition coefficient (Wildman–Crippen LogP) is 3.72. The molecule has 1 heterocycles. The first-order valence-corrected chi connectivity index (χ1v) is 13.0. The lowest BCUT2D eigenvalue weighted by atomic mass is 10.1. The van der Waals surface area contributed by atoms with Crippen LogP contribution in [0.1, 0.15) is 26.3 Å². The molecule has 2 aromatic carbocycles. The van der Waals surface area contributed by atoms with E-state index in [4.69, 9.17) is 21.1 Å². The van der Waals surface area contributed by atoms with Crippen molar-refractivity contribution in [1.82, 2.24) is 5.32 Å². The molecule has 206 valence electrons. The van der Waals surface area contributed by atoms with Gasteiger partial charge in [-0.3, -0.25) is 18.6 Å². The van der Waals surface area contributed by atoms with Gasteiger partial charge in [0.2, 0.25) is 24.5 Å². The van der Waals surface area contributed by atoms with Crippen molar-refractivity contribution < 1.29 is 41.2 Å². The fourth-order valence-electron chi connectivity index (χ4n) is 3.41. The lowest BCUT2D eigenvalue weighted by Gasteiger charge is -2.26. The summed E-state index contributed by atoms with van der Waals surface area (Å²) in [5.74, 6) is -2.61. The number of anilines is 2. The first-order valence-electron chi connectivity index (χ1n) is 11.1. The molecule has 1 unspecified atom stereocenters. The van der Waals surface area contributed by atoms with Gasteiger partial charge in [-0.05, 0) is 51.1 Å². The van der Waals surface area contributed by atoms with E-state index in [-0.39, 0.29) is 12.5 Å². The lowest BCUT2D eigenvalue weighted by Crippen LogP contribution is -2.48. The molecule has 0 fully saturated rings. The highest BCUT2D eigenvalue weighted by molar-refractivity contribution is 7.86. The third-order valence-corrected chi connectivity index (χ3v) is 6.40. The molecule has 9 nitrogen and oxygen atoms in total. The lowest BCUT2D eigenvalue weighted by molar-refractivity contribution is -0.137. The standard InChI is InChI=1S/C24H25ClF3N3O6S/c1-23(2,3)30-20(32)10-31(15-5-6-17(25)16(9-15)24(26,27)28)22(34)12-38(35)11-21(33)29-14-4-7-18-19(8-14)37-13-36-18/h4-9H,10-13H2,1-3H3,(H,29,33)(H,30,32). The highest BCUT2D eigenvalue weighted by Gasteiger charge is 2.34. The predicted molar refractivity (Wildman–Crippen MR) is 136 cm³/mol. The number of alkyl halides is 3. The first-order chi connectivity index (χ1) is 17.6. The summed E-state index contributed by atoms with van der Waals surface area (Å²) in [7, 11) is -2.05. The molecule has 0 saturated heterocycles. The number of ether oxygens (including phenoxy) is 2. The van der Waals surface area contributed by atoms with E-state index in [1.165, 1.54) is 6.07 Å². The van der Waals surface area contributed by atoms with Gasteiger partial charge in [-0.25, -0.2) is 0 Å². The van der Waals surface area contributed by atoms with Crippen molar-refractivity contribution in [3.63, 3.8) is 0 Å². The molecule has 0 saturated carbocycles. The summed E-state index contributed by atoms with van der Waals surface area (Å²) in [6.45, 7) is 4.47. The third kappa shape index (κ3) is 8.09. The van der Waals surface area contributed by atoms with Gasteiger partial charge >= 0.3 is 6.18 Å². The number of benzene rings is 2. The molecule has 1 aliphatic rings. The van der Waals surface area contributed by atoms with Crippen molar-refractivity contribution in [1.29, 1.82) is 0 Å². The van der Waals surface area contributed by atoms with E-state index in [0.717, 1.165) is 17.0 Å². The Kier molecular flexibility index (Phi) is 8.93. The van der Waals surface area contributed by atoms with Crippen LogP contribution < -0.4 is 25.0 Å². The summed E-state index contributed by atoms with van der Waals surface area (Å²) >= 11 is 5.69. The maximum absolute atomic E-state index is 13.4. The van der Waals surface area contributed by atoms with Crippen LogP contribution in [0.25, 0.3) is 0 Å². The molecule has 2 aromatic rings. The van der Waals surface area contributed by atoms with E-state index in [0.29, 0.717) is 23.3 Å². The minimum atomic E-state index is -4.81. The quantitative estimate of drug-likeness (QED) is 0.496. The number of carbonyl (C=O) groups is 3. The number of nitrogens with zero attached hydrogens (tertiary/aromatic N) is 1. The number of nitrogens with one attached hydrogen (secondary N) is 2. The Morgan fingerprint density at radius 2 is 1.68 bits per heavy atom. The average molecular weight is 576 g/mol. The molecule has 0 aliphatic carbocycles. The summed E-state index contributed by atoms with van der Waals surface area (Å²) in [4.78, 5) is 38.7. The largest absolute Gasteiger partial charge is 0.454 e. The van der Waals surface area contributed by atoms with E-state index in [9.17, 15) is 31.8 Å². The second-order valence-electron chi connectivity index (χ2n) is 9.28. The molecule has 2 N–H and O–H groups in total. The Balaban J connectivity index is 1.73. The molecule has 3 rings (SSSR count). The molecule has 0 aromatic heterocycles. The van der Waals surface area contributed by atoms with E-state index in [1.807, 2.05) is 0 Å². The van der Waals surface area contributed by atoms with Crippen molar-refractivity contribution in [2.24, 2.45) is 0 Å². The second-order valence-corrected chi connectivity index (χ2v) is 11.1. The van der Waals surface area contributed by atoms with Crippen molar-refractivity contribution in [3.05, 3.63) is 47.0 Å². The minimum absolute atomic E-state index is 0.0429. The highest BCUT2D eigenvalue weighted by atomic mass is 35.5. The number of halogens is 4. The number of hydrogen-bond acceptors (Lipinski definition) is 6. The molecule has 14 heteroatoms. The SMILES string of the molecule is CC(C)(C)NC(=O)CN(C(=O)CS(=O)CC(=O)Nc1ccc2c(c1)OCO2)c1ccc(Cl)c(C(F)(F)F)c1. The number of rotatable bonds is 8. The summed E-state index contributed by atoms with van der Waals surface area (Å²) < 4.78 is 63.3. The van der Waals surface area contributed by atoms with Gasteiger partial charge in [0.25, 0.3) is 0 Å². The molecule has 3 amide bonds. The number of fused-ring (bicyclic) bond motifs is 1. The number of hydrogen-bond donors (Lipinski definition) is 2. The molecule has 1 atom stereocenters. The first kappa shape index (κ1) is 29.2. The van der Waals surface area contributed by atoms with Crippen LogP contribution in [0, 0.1) is 0 Å². The fourth-order valence-corrected chi connectivity index (χ4v) is 4.53. The third-order valence-electron chi connectivity index (χ3n) is 4.92. The molecule has 38 heavy (non-hydrogen) atoms. The molecule has 1 aliphatic heterocycles. The maximum Gasteiger partial charge on any atom is 0.417 e. The van der Waals surface area contributed by atoms with Crippen LogP contribution in [0.3, 0.4) is 0 Å². The van der Waals surface area contributed by atoms with E-state index in [2.05, 4.69) is 10.6 Å². The van der Waals surface area contributed by atoms with E-state index >= 15 is 0 Å². The highest BCUT2D eigenvalue weighted by Crippen LogP contribution is 2.37. The van der Waals surface area contributed by atoms with Crippen LogP contribution in [0.4, 0.5) is 24.5 Å². The average Bonchev–Trinajstić information content (AvgIpc) is 3.23. The Bertz CT molecular complexity index is 1270. The van der Waals surface area contributed by atoms with Gasteiger partial charge in [0.05, 0.1) is 10.6 Å². The van der Waals surface area contributed by atoms with Crippen molar-refractivity contribution in [2.45, 2.75) is 32.5 Å². The van der Waals surface area contributed by atoms with Crippen LogP contribution in [0.5, 0.6) is 11.5 Å². The summed E-state index contributed by atoms with van der Waals surface area (Å²) in [6.07, 6.45) is -4.81. The van der Waals surface area contributed by atoms with Gasteiger partial charge in [-0.15, -0.1) is 0 Å². The van der Waals surface area contributed by atoms with Gasteiger partial charge in [0.15, 0.2) is 11.5 Å². The van der Waals surface area contributed by atoms with E-state index < -0.39 is 68.9 Å². The maximum atomic E-state index is 13.4. The Hall–Kier alpha value is -3.32.